The first-order valence-corrected chi connectivity index (χ1v) is 14.5. The summed E-state index contributed by atoms with van der Waals surface area (Å²) in [6, 6.07) is 7.32. The Morgan fingerprint density at radius 2 is 1.86 bits per heavy atom. The van der Waals surface area contributed by atoms with Gasteiger partial charge in [0, 0.05) is 37.3 Å². The van der Waals surface area contributed by atoms with Crippen LogP contribution in [0.1, 0.15) is 87.3 Å². The summed E-state index contributed by atoms with van der Waals surface area (Å²) >= 11 is 0. The first-order chi connectivity index (χ1) is 20.7. The van der Waals surface area contributed by atoms with Gasteiger partial charge in [-0.1, -0.05) is 38.1 Å². The van der Waals surface area contributed by atoms with Gasteiger partial charge in [0.05, 0.1) is 29.3 Å². The van der Waals surface area contributed by atoms with E-state index >= 15 is 0 Å². The van der Waals surface area contributed by atoms with Gasteiger partial charge in [-0.2, -0.15) is 10.1 Å². The molecule has 1 aromatic carbocycles. The summed E-state index contributed by atoms with van der Waals surface area (Å²) in [7, 11) is 1.87. The molecule has 5 rings (SSSR count). The molecule has 13 heteroatoms. The van der Waals surface area contributed by atoms with Crippen LogP contribution in [0.5, 0.6) is 0 Å². The smallest absolute Gasteiger partial charge is 0.410 e. The molecule has 1 aliphatic heterocycles. The van der Waals surface area contributed by atoms with Crippen LogP contribution in [0.4, 0.5) is 16.4 Å². The van der Waals surface area contributed by atoms with Crippen molar-refractivity contribution in [2.45, 2.75) is 78.5 Å². The maximum Gasteiger partial charge on any atom is 0.410 e. The number of rotatable bonds is 5. The minimum atomic E-state index is -0.651. The number of fused-ring (bicyclic) bond motifs is 1. The Kier molecular flexibility index (Phi) is 8.15. The Balaban J connectivity index is 1.45. The first-order valence-electron chi connectivity index (χ1n) is 14.5. The Morgan fingerprint density at radius 1 is 1.09 bits per heavy atom. The summed E-state index contributed by atoms with van der Waals surface area (Å²) in [5.41, 5.74) is 3.99. The molecule has 0 saturated heterocycles. The molecule has 13 nitrogen and oxygen atoms in total. The van der Waals surface area contributed by atoms with Crippen LogP contribution in [0.3, 0.4) is 0 Å². The Bertz CT molecular complexity index is 1680. The summed E-state index contributed by atoms with van der Waals surface area (Å²) in [4.78, 5) is 41.5. The van der Waals surface area contributed by atoms with Crippen molar-refractivity contribution in [2.75, 3.05) is 11.9 Å². The highest BCUT2D eigenvalue weighted by molar-refractivity contribution is 5.90. The van der Waals surface area contributed by atoms with Crippen molar-refractivity contribution < 1.29 is 18.8 Å². The minimum absolute atomic E-state index is 0.0359. The van der Waals surface area contributed by atoms with E-state index in [0.29, 0.717) is 37.0 Å². The molecule has 4 heterocycles. The molecular weight excluding hydrogens is 562 g/mol. The lowest BCUT2D eigenvalue weighted by molar-refractivity contribution is 0.0234. The summed E-state index contributed by atoms with van der Waals surface area (Å²) in [5, 5.41) is 14.5. The number of nitrogens with one attached hydrogen (secondary N) is 2. The number of benzene rings is 1. The van der Waals surface area contributed by atoms with Gasteiger partial charge >= 0.3 is 6.09 Å². The van der Waals surface area contributed by atoms with Crippen molar-refractivity contribution >= 4 is 23.6 Å². The first kappa shape index (κ1) is 30.6. The number of carbonyl (C=O) groups is 2. The highest BCUT2D eigenvalue weighted by Gasteiger charge is 2.31. The molecule has 44 heavy (non-hydrogen) atoms. The fraction of sp³-hybridized carbons (Fsp3) is 0.452. The Morgan fingerprint density at radius 3 is 2.52 bits per heavy atom. The van der Waals surface area contributed by atoms with Gasteiger partial charge in [-0.25, -0.2) is 14.8 Å². The third-order valence-electron chi connectivity index (χ3n) is 7.23. The maximum absolute atomic E-state index is 13.2. The minimum Gasteiger partial charge on any atom is -0.444 e. The van der Waals surface area contributed by atoms with Crippen LogP contribution < -0.4 is 10.6 Å². The van der Waals surface area contributed by atoms with Crippen molar-refractivity contribution in [3.63, 3.8) is 0 Å². The molecular formula is C31H39N9O4. The van der Waals surface area contributed by atoms with Crippen molar-refractivity contribution in [3.8, 4) is 11.3 Å². The van der Waals surface area contributed by atoms with Gasteiger partial charge < -0.3 is 24.8 Å². The third kappa shape index (κ3) is 6.87. The molecule has 0 radical (unpaired) electrons. The van der Waals surface area contributed by atoms with E-state index in [-0.39, 0.29) is 5.82 Å². The molecule has 0 saturated carbocycles. The van der Waals surface area contributed by atoms with Crippen LogP contribution in [-0.2, 0) is 23.7 Å². The number of hydrogen-bond donors (Lipinski definition) is 2. The lowest BCUT2D eigenvalue weighted by Crippen LogP contribution is -2.37. The maximum atomic E-state index is 13.2. The average molecular weight is 602 g/mol. The van der Waals surface area contributed by atoms with Crippen LogP contribution in [-0.4, -0.2) is 58.9 Å². The van der Waals surface area contributed by atoms with Gasteiger partial charge in [-0.15, -0.1) is 0 Å². The fourth-order valence-corrected chi connectivity index (χ4v) is 4.76. The van der Waals surface area contributed by atoms with E-state index < -0.39 is 29.1 Å². The second-order valence-electron chi connectivity index (χ2n) is 13.0. The molecule has 232 valence electrons. The molecule has 0 unspecified atom stereocenters. The van der Waals surface area contributed by atoms with Crippen LogP contribution in [0.2, 0.25) is 0 Å². The third-order valence-corrected chi connectivity index (χ3v) is 7.23. The lowest BCUT2D eigenvalue weighted by atomic mass is 9.96. The fourth-order valence-electron chi connectivity index (χ4n) is 4.76. The number of nitrogens with zero attached hydrogens (tertiary/aromatic N) is 7. The van der Waals surface area contributed by atoms with Crippen molar-refractivity contribution in [2.24, 2.45) is 7.05 Å². The largest absolute Gasteiger partial charge is 0.444 e. The van der Waals surface area contributed by atoms with Crippen molar-refractivity contribution in [1.82, 2.24) is 40.1 Å². The number of ether oxygens (including phenoxy) is 1. The van der Waals surface area contributed by atoms with E-state index in [0.717, 1.165) is 28.1 Å². The summed E-state index contributed by atoms with van der Waals surface area (Å²) in [6.45, 7) is 13.9. The van der Waals surface area contributed by atoms with Gasteiger partial charge in [-0.05, 0) is 57.4 Å². The van der Waals surface area contributed by atoms with E-state index in [4.69, 9.17) is 14.2 Å². The molecule has 0 spiro atoms. The SMILES string of the molecule is Cc1c(Nc2nccc(-c3ccc4c(c3)CN(C(=O)OC(C)(C)C)CC[C@H]4NC(=O)c3noc(C(C)(C)C)n3)n2)cnn1C. The summed E-state index contributed by atoms with van der Waals surface area (Å²) < 4.78 is 12.8. The number of aromatic nitrogens is 6. The van der Waals surface area contributed by atoms with E-state index in [1.807, 2.05) is 79.8 Å². The second kappa shape index (κ2) is 11.7. The highest BCUT2D eigenvalue weighted by atomic mass is 16.6. The lowest BCUT2D eigenvalue weighted by Gasteiger charge is -2.26. The number of anilines is 2. The molecule has 0 bridgehead atoms. The molecule has 1 aliphatic rings. The normalized spacial score (nSPS) is 15.4. The highest BCUT2D eigenvalue weighted by Crippen LogP contribution is 2.32. The topological polar surface area (TPSA) is 153 Å². The molecule has 2 amide bonds. The summed E-state index contributed by atoms with van der Waals surface area (Å²) in [6.07, 6.45) is 3.46. The Hall–Kier alpha value is -4.81. The van der Waals surface area contributed by atoms with Crippen molar-refractivity contribution in [1.29, 1.82) is 0 Å². The van der Waals surface area contributed by atoms with Crippen LogP contribution in [0.15, 0.2) is 41.2 Å². The standard InChI is InChI=1S/C31H39N9O4/c1-18-24(16-33-39(18)8)36-28-32-13-11-22(35-28)19-9-10-21-20(15-19)17-40(29(42)43-31(5,6)7)14-12-23(21)34-26(41)25-37-27(44-38-25)30(2,3)4/h9-11,13,15-16,23H,12,14,17H2,1-8H3,(H,34,41)(H,32,35,36)/t23-/m1/s1. The summed E-state index contributed by atoms with van der Waals surface area (Å²) in [5.74, 6) is 0.323. The number of hydrogen-bond acceptors (Lipinski definition) is 10. The van der Waals surface area contributed by atoms with E-state index in [9.17, 15) is 9.59 Å². The van der Waals surface area contributed by atoms with Crippen molar-refractivity contribution in [3.05, 3.63) is 65.2 Å². The number of aryl methyl sites for hydroxylation is 1. The molecule has 0 aliphatic carbocycles. The zero-order chi connectivity index (χ0) is 31.8. The molecule has 3 aromatic heterocycles. The number of carbonyl (C=O) groups excluding carboxylic acids is 2. The van der Waals surface area contributed by atoms with Gasteiger partial charge in [0.25, 0.3) is 11.7 Å². The van der Waals surface area contributed by atoms with Gasteiger partial charge in [0.2, 0.25) is 11.8 Å². The average Bonchev–Trinajstić information content (AvgIpc) is 3.52. The second-order valence-corrected chi connectivity index (χ2v) is 13.0. The predicted octanol–water partition coefficient (Wildman–Crippen LogP) is 5.22. The zero-order valence-electron chi connectivity index (χ0n) is 26.4. The quantitative estimate of drug-likeness (QED) is 0.311. The molecule has 4 aromatic rings. The Labute approximate surface area is 256 Å². The molecule has 1 atom stereocenters. The molecule has 2 N–H and O–H groups in total. The van der Waals surface area contributed by atoms with Gasteiger partial charge in [0.15, 0.2) is 0 Å². The van der Waals surface area contributed by atoms with E-state index in [1.165, 1.54) is 0 Å². The monoisotopic (exact) mass is 601 g/mol. The van der Waals surface area contributed by atoms with Crippen LogP contribution >= 0.6 is 0 Å². The van der Waals surface area contributed by atoms with Gasteiger partial charge in [0.1, 0.15) is 5.60 Å². The number of amides is 2. The van der Waals surface area contributed by atoms with E-state index in [1.54, 1.807) is 22.0 Å². The van der Waals surface area contributed by atoms with Crippen LogP contribution in [0, 0.1) is 6.92 Å². The predicted molar refractivity (Wildman–Crippen MR) is 163 cm³/mol. The van der Waals surface area contributed by atoms with E-state index in [2.05, 4.69) is 30.9 Å². The van der Waals surface area contributed by atoms with Crippen LogP contribution in [0.25, 0.3) is 11.3 Å². The molecule has 0 fully saturated rings. The van der Waals surface area contributed by atoms with Gasteiger partial charge in [-0.3, -0.25) is 9.48 Å². The zero-order valence-corrected chi connectivity index (χ0v) is 26.4.